The molecule has 2 aromatic rings. The van der Waals surface area contributed by atoms with E-state index in [-0.39, 0.29) is 6.04 Å². The third-order valence-corrected chi connectivity index (χ3v) is 7.29. The summed E-state index contributed by atoms with van der Waals surface area (Å²) >= 11 is 18.9. The molecule has 0 bridgehead atoms. The second-order valence-electron chi connectivity index (χ2n) is 8.49. The smallest absolute Gasteiger partial charge is 0.0654 e. The van der Waals surface area contributed by atoms with Gasteiger partial charge < -0.3 is 10.2 Å². The number of benzene rings is 2. The maximum atomic E-state index is 6.58. The highest BCUT2D eigenvalue weighted by molar-refractivity contribution is 6.36. The summed E-state index contributed by atoms with van der Waals surface area (Å²) in [6.07, 6.45) is 9.15. The van der Waals surface area contributed by atoms with E-state index in [9.17, 15) is 0 Å². The molecule has 0 amide bonds. The molecule has 0 aromatic heterocycles. The summed E-state index contributed by atoms with van der Waals surface area (Å²) in [7, 11) is 0. The van der Waals surface area contributed by atoms with E-state index in [4.69, 9.17) is 34.8 Å². The maximum absolute atomic E-state index is 6.58. The van der Waals surface area contributed by atoms with E-state index < -0.39 is 0 Å². The number of hydrogen-bond donors (Lipinski definition) is 1. The van der Waals surface area contributed by atoms with Gasteiger partial charge >= 0.3 is 0 Å². The third kappa shape index (κ3) is 5.41. The average molecular weight is 452 g/mol. The number of piperidine rings is 1. The predicted octanol–water partition coefficient (Wildman–Crippen LogP) is 7.53. The molecular formula is C24H29Cl3N2. The van der Waals surface area contributed by atoms with Crippen LogP contribution in [0.3, 0.4) is 0 Å². The Kier molecular flexibility index (Phi) is 7.29. The van der Waals surface area contributed by atoms with Crippen LogP contribution < -0.4 is 10.2 Å². The van der Waals surface area contributed by atoms with Crippen LogP contribution in [0.15, 0.2) is 42.5 Å². The fourth-order valence-corrected chi connectivity index (χ4v) is 5.52. The standard InChI is InChI=1S/C24H29Cl3N2/c25-19-8-6-18(7-9-19)24-15-21(28-16-17-4-2-1-3-5-17)12-13-29(24)23-11-10-20(26)14-22(23)27/h6-11,14,17,21,24,28H,1-5,12-13,15-16H2. The molecule has 2 aromatic carbocycles. The van der Waals surface area contributed by atoms with Crippen LogP contribution in [0, 0.1) is 5.92 Å². The van der Waals surface area contributed by atoms with Gasteiger partial charge in [-0.1, -0.05) is 66.2 Å². The van der Waals surface area contributed by atoms with Crippen LogP contribution in [0.5, 0.6) is 0 Å². The summed E-state index contributed by atoms with van der Waals surface area (Å²) in [5.74, 6) is 0.849. The number of nitrogens with one attached hydrogen (secondary N) is 1. The summed E-state index contributed by atoms with van der Waals surface area (Å²) in [5.41, 5.74) is 2.34. The van der Waals surface area contributed by atoms with Crippen LogP contribution in [0.2, 0.25) is 15.1 Å². The Morgan fingerprint density at radius 3 is 2.31 bits per heavy atom. The Balaban J connectivity index is 1.51. The Morgan fingerprint density at radius 1 is 0.862 bits per heavy atom. The molecule has 4 rings (SSSR count). The Bertz CT molecular complexity index is 802. The fourth-order valence-electron chi connectivity index (χ4n) is 4.88. The van der Waals surface area contributed by atoms with Gasteiger partial charge in [-0.3, -0.25) is 0 Å². The second-order valence-corrected chi connectivity index (χ2v) is 9.77. The van der Waals surface area contributed by atoms with Crippen molar-refractivity contribution < 1.29 is 0 Å². The predicted molar refractivity (Wildman–Crippen MR) is 126 cm³/mol. The van der Waals surface area contributed by atoms with Gasteiger partial charge in [0.15, 0.2) is 0 Å². The lowest BCUT2D eigenvalue weighted by Gasteiger charge is -2.42. The zero-order valence-corrected chi connectivity index (χ0v) is 19.0. The van der Waals surface area contributed by atoms with Crippen molar-refractivity contribution >= 4 is 40.5 Å². The number of halogens is 3. The molecule has 2 aliphatic rings. The summed E-state index contributed by atoms with van der Waals surface area (Å²) in [6, 6.07) is 14.9. The molecular weight excluding hydrogens is 423 g/mol. The van der Waals surface area contributed by atoms with Gasteiger partial charge in [-0.2, -0.15) is 0 Å². The summed E-state index contributed by atoms with van der Waals surface area (Å²) < 4.78 is 0. The van der Waals surface area contributed by atoms with E-state index >= 15 is 0 Å². The van der Waals surface area contributed by atoms with Crippen LogP contribution in [0.25, 0.3) is 0 Å². The molecule has 5 heteroatoms. The van der Waals surface area contributed by atoms with Gasteiger partial charge in [-0.15, -0.1) is 0 Å². The molecule has 1 aliphatic carbocycles. The highest BCUT2D eigenvalue weighted by Gasteiger charge is 2.31. The topological polar surface area (TPSA) is 15.3 Å². The van der Waals surface area contributed by atoms with E-state index in [2.05, 4.69) is 22.3 Å². The molecule has 2 atom stereocenters. The minimum Gasteiger partial charge on any atom is -0.363 e. The first-order chi connectivity index (χ1) is 14.1. The van der Waals surface area contributed by atoms with Crippen molar-refractivity contribution in [2.24, 2.45) is 5.92 Å². The first-order valence-electron chi connectivity index (χ1n) is 10.8. The molecule has 1 saturated carbocycles. The Labute approximate surface area is 189 Å². The van der Waals surface area contributed by atoms with Crippen molar-refractivity contribution in [1.29, 1.82) is 0 Å². The lowest BCUT2D eigenvalue weighted by Crippen LogP contribution is -2.45. The van der Waals surface area contributed by atoms with Crippen LogP contribution in [-0.2, 0) is 0 Å². The van der Waals surface area contributed by atoms with Crippen molar-refractivity contribution in [3.05, 3.63) is 63.1 Å². The van der Waals surface area contributed by atoms with Gasteiger partial charge in [0.25, 0.3) is 0 Å². The SMILES string of the molecule is Clc1ccc(C2CC(NCC3CCCCC3)CCN2c2ccc(Cl)cc2Cl)cc1. The van der Waals surface area contributed by atoms with Crippen LogP contribution in [0.4, 0.5) is 5.69 Å². The van der Waals surface area contributed by atoms with Crippen molar-refractivity contribution in [2.75, 3.05) is 18.0 Å². The van der Waals surface area contributed by atoms with E-state index in [1.165, 1.54) is 37.7 Å². The van der Waals surface area contributed by atoms with Crippen LogP contribution in [-0.4, -0.2) is 19.1 Å². The number of rotatable bonds is 5. The van der Waals surface area contributed by atoms with E-state index in [1.54, 1.807) is 0 Å². The summed E-state index contributed by atoms with van der Waals surface area (Å²) in [5, 5.41) is 6.05. The summed E-state index contributed by atoms with van der Waals surface area (Å²) in [4.78, 5) is 2.43. The van der Waals surface area contributed by atoms with Crippen molar-refractivity contribution in [3.63, 3.8) is 0 Å². The molecule has 1 N–H and O–H groups in total. The van der Waals surface area contributed by atoms with Gasteiger partial charge in [0.05, 0.1) is 16.8 Å². The fraction of sp³-hybridized carbons (Fsp3) is 0.500. The Morgan fingerprint density at radius 2 is 1.59 bits per heavy atom. The van der Waals surface area contributed by atoms with E-state index in [0.717, 1.165) is 42.6 Å². The van der Waals surface area contributed by atoms with Crippen LogP contribution >= 0.6 is 34.8 Å². The molecule has 1 saturated heterocycles. The van der Waals surface area contributed by atoms with Gasteiger partial charge in [0.1, 0.15) is 0 Å². The maximum Gasteiger partial charge on any atom is 0.0654 e. The van der Waals surface area contributed by atoms with Gasteiger partial charge in [-0.25, -0.2) is 0 Å². The lowest BCUT2D eigenvalue weighted by molar-refractivity contribution is 0.296. The normalized spacial score (nSPS) is 23.3. The number of anilines is 1. The van der Waals surface area contributed by atoms with E-state index in [0.29, 0.717) is 16.1 Å². The molecule has 29 heavy (non-hydrogen) atoms. The highest BCUT2D eigenvalue weighted by Crippen LogP contribution is 2.39. The van der Waals surface area contributed by atoms with Gasteiger partial charge in [0, 0.05) is 22.6 Å². The highest BCUT2D eigenvalue weighted by atomic mass is 35.5. The van der Waals surface area contributed by atoms with Gasteiger partial charge in [-0.05, 0) is 74.0 Å². The van der Waals surface area contributed by atoms with Crippen molar-refractivity contribution in [1.82, 2.24) is 5.32 Å². The second kappa shape index (κ2) is 9.92. The quantitative estimate of drug-likeness (QED) is 0.505. The van der Waals surface area contributed by atoms with Crippen molar-refractivity contribution in [2.45, 2.75) is 57.0 Å². The summed E-state index contributed by atoms with van der Waals surface area (Å²) in [6.45, 7) is 2.12. The molecule has 2 fully saturated rings. The molecule has 0 spiro atoms. The first kappa shape index (κ1) is 21.3. The zero-order valence-electron chi connectivity index (χ0n) is 16.7. The monoisotopic (exact) mass is 450 g/mol. The van der Waals surface area contributed by atoms with Crippen molar-refractivity contribution in [3.8, 4) is 0 Å². The molecule has 1 heterocycles. The average Bonchev–Trinajstić information content (AvgIpc) is 2.74. The largest absolute Gasteiger partial charge is 0.363 e. The minimum atomic E-state index is 0.267. The zero-order chi connectivity index (χ0) is 20.2. The minimum absolute atomic E-state index is 0.267. The Hall–Kier alpha value is -0.930. The third-order valence-electron chi connectivity index (χ3n) is 6.50. The number of hydrogen-bond acceptors (Lipinski definition) is 2. The lowest BCUT2D eigenvalue weighted by atomic mass is 9.87. The molecule has 1 aliphatic heterocycles. The number of nitrogens with zero attached hydrogens (tertiary/aromatic N) is 1. The first-order valence-corrected chi connectivity index (χ1v) is 11.9. The molecule has 0 radical (unpaired) electrons. The van der Waals surface area contributed by atoms with Gasteiger partial charge in [0.2, 0.25) is 0 Å². The van der Waals surface area contributed by atoms with Crippen LogP contribution in [0.1, 0.15) is 56.6 Å². The molecule has 156 valence electrons. The van der Waals surface area contributed by atoms with E-state index in [1.807, 2.05) is 30.3 Å². The molecule has 2 unspecified atom stereocenters. The molecule has 2 nitrogen and oxygen atoms in total.